The van der Waals surface area contributed by atoms with Crippen LogP contribution >= 0.6 is 0 Å². The molecule has 0 aliphatic heterocycles. The minimum atomic E-state index is -3.44. The predicted octanol–water partition coefficient (Wildman–Crippen LogP) is 2.52. The molecule has 1 aromatic rings. The van der Waals surface area contributed by atoms with Gasteiger partial charge in [0.1, 0.15) is 0 Å². The highest BCUT2D eigenvalue weighted by atomic mass is 32.2. The molecule has 1 aliphatic carbocycles. The highest BCUT2D eigenvalue weighted by Gasteiger charge is 2.35. The fourth-order valence-electron chi connectivity index (χ4n) is 3.34. The lowest BCUT2D eigenvalue weighted by atomic mass is 9.84. The summed E-state index contributed by atoms with van der Waals surface area (Å²) in [6.45, 7) is 4.88. The molecule has 0 saturated heterocycles. The van der Waals surface area contributed by atoms with Gasteiger partial charge in [0.2, 0.25) is 10.0 Å². The minimum Gasteiger partial charge on any atom is -0.330 e. The van der Waals surface area contributed by atoms with Crippen LogP contribution in [0, 0.1) is 12.8 Å². The van der Waals surface area contributed by atoms with Gasteiger partial charge in [-0.25, -0.2) is 8.42 Å². The molecule has 0 aromatic heterocycles. The number of rotatable bonds is 5. The summed E-state index contributed by atoms with van der Waals surface area (Å²) in [5, 5.41) is 0. The first-order valence-electron chi connectivity index (χ1n) is 7.79. The van der Waals surface area contributed by atoms with E-state index in [1.165, 1.54) is 0 Å². The maximum atomic E-state index is 13.0. The average Bonchev–Trinajstić information content (AvgIpc) is 2.48. The second-order valence-electron chi connectivity index (χ2n) is 5.87. The number of hydrogen-bond donors (Lipinski definition) is 1. The van der Waals surface area contributed by atoms with Crippen LogP contribution in [-0.4, -0.2) is 31.9 Å². The second-order valence-corrected chi connectivity index (χ2v) is 7.76. The zero-order valence-electron chi connectivity index (χ0n) is 13.0. The van der Waals surface area contributed by atoms with Gasteiger partial charge < -0.3 is 5.73 Å². The molecule has 0 amide bonds. The molecule has 2 rings (SSSR count). The summed E-state index contributed by atoms with van der Waals surface area (Å²) in [5.41, 5.74) is 6.83. The van der Waals surface area contributed by atoms with Crippen molar-refractivity contribution in [1.82, 2.24) is 4.31 Å². The van der Waals surface area contributed by atoms with Crippen LogP contribution in [0.5, 0.6) is 0 Å². The SMILES string of the molecule is CCN(C1CCCCC1CN)S(=O)(=O)c1cccc(C)c1. The zero-order chi connectivity index (χ0) is 15.5. The Hall–Kier alpha value is -0.910. The minimum absolute atomic E-state index is 0.0410. The molecule has 0 heterocycles. The zero-order valence-corrected chi connectivity index (χ0v) is 13.8. The molecule has 4 nitrogen and oxygen atoms in total. The van der Waals surface area contributed by atoms with Gasteiger partial charge in [-0.2, -0.15) is 4.31 Å². The topological polar surface area (TPSA) is 63.4 Å². The molecule has 1 aliphatic rings. The number of nitrogens with two attached hydrogens (primary N) is 1. The van der Waals surface area contributed by atoms with E-state index >= 15 is 0 Å². The maximum absolute atomic E-state index is 13.0. The van der Waals surface area contributed by atoms with Gasteiger partial charge in [0.05, 0.1) is 4.90 Å². The summed E-state index contributed by atoms with van der Waals surface area (Å²) >= 11 is 0. The predicted molar refractivity (Wildman–Crippen MR) is 85.5 cm³/mol. The van der Waals surface area contributed by atoms with Gasteiger partial charge in [0.25, 0.3) is 0 Å². The molecule has 1 saturated carbocycles. The third-order valence-electron chi connectivity index (χ3n) is 4.45. The van der Waals surface area contributed by atoms with Gasteiger partial charge in [-0.3, -0.25) is 0 Å². The molecule has 2 N–H and O–H groups in total. The molecule has 5 heteroatoms. The van der Waals surface area contributed by atoms with E-state index in [9.17, 15) is 8.42 Å². The van der Waals surface area contributed by atoms with Crippen LogP contribution < -0.4 is 5.73 Å². The highest BCUT2D eigenvalue weighted by Crippen LogP contribution is 2.31. The number of sulfonamides is 1. The van der Waals surface area contributed by atoms with E-state index < -0.39 is 10.0 Å². The Labute approximate surface area is 128 Å². The van der Waals surface area contributed by atoms with E-state index in [2.05, 4.69) is 0 Å². The number of hydrogen-bond acceptors (Lipinski definition) is 3. The van der Waals surface area contributed by atoms with Gasteiger partial charge in [-0.15, -0.1) is 0 Å². The molecule has 0 spiro atoms. The first-order chi connectivity index (χ1) is 10.0. The van der Waals surface area contributed by atoms with Crippen molar-refractivity contribution in [2.75, 3.05) is 13.1 Å². The van der Waals surface area contributed by atoms with E-state index in [-0.39, 0.29) is 12.0 Å². The third-order valence-corrected chi connectivity index (χ3v) is 6.45. The molecule has 2 atom stereocenters. The van der Waals surface area contributed by atoms with E-state index in [4.69, 9.17) is 5.73 Å². The Morgan fingerprint density at radius 3 is 2.62 bits per heavy atom. The average molecular weight is 310 g/mol. The van der Waals surface area contributed by atoms with E-state index in [1.54, 1.807) is 22.5 Å². The number of nitrogens with zero attached hydrogens (tertiary/aromatic N) is 1. The van der Waals surface area contributed by atoms with Crippen LogP contribution in [0.1, 0.15) is 38.2 Å². The Morgan fingerprint density at radius 2 is 2.00 bits per heavy atom. The lowest BCUT2D eigenvalue weighted by Gasteiger charge is -2.38. The van der Waals surface area contributed by atoms with Crippen molar-refractivity contribution in [2.24, 2.45) is 11.7 Å². The molecule has 0 radical (unpaired) electrons. The van der Waals surface area contributed by atoms with Gasteiger partial charge >= 0.3 is 0 Å². The molecular formula is C16H26N2O2S. The summed E-state index contributed by atoms with van der Waals surface area (Å²) in [6, 6.07) is 7.19. The normalized spacial score (nSPS) is 23.4. The van der Waals surface area contributed by atoms with Crippen LogP contribution in [0.3, 0.4) is 0 Å². The molecule has 1 fully saturated rings. The number of benzene rings is 1. The summed E-state index contributed by atoms with van der Waals surface area (Å²) in [7, 11) is -3.44. The van der Waals surface area contributed by atoms with Crippen LogP contribution in [0.2, 0.25) is 0 Å². The summed E-state index contributed by atoms with van der Waals surface area (Å²) in [6.07, 6.45) is 4.18. The largest absolute Gasteiger partial charge is 0.330 e. The summed E-state index contributed by atoms with van der Waals surface area (Å²) < 4.78 is 27.6. The lowest BCUT2D eigenvalue weighted by Crippen LogP contribution is -2.47. The molecule has 21 heavy (non-hydrogen) atoms. The van der Waals surface area contributed by atoms with Crippen molar-refractivity contribution in [3.63, 3.8) is 0 Å². The molecule has 0 bridgehead atoms. The quantitative estimate of drug-likeness (QED) is 0.909. The Balaban J connectivity index is 2.35. The molecule has 2 unspecified atom stereocenters. The van der Waals surface area contributed by atoms with Crippen molar-refractivity contribution < 1.29 is 8.42 Å². The second kappa shape index (κ2) is 6.90. The van der Waals surface area contributed by atoms with E-state index in [0.717, 1.165) is 31.2 Å². The Kier molecular flexibility index (Phi) is 5.41. The van der Waals surface area contributed by atoms with Crippen LogP contribution in [0.25, 0.3) is 0 Å². The lowest BCUT2D eigenvalue weighted by molar-refractivity contribution is 0.187. The fraction of sp³-hybridized carbons (Fsp3) is 0.625. The van der Waals surface area contributed by atoms with Crippen molar-refractivity contribution >= 4 is 10.0 Å². The van der Waals surface area contributed by atoms with Crippen molar-refractivity contribution in [1.29, 1.82) is 0 Å². The molecule has 1 aromatic carbocycles. The Morgan fingerprint density at radius 1 is 1.29 bits per heavy atom. The summed E-state index contributed by atoms with van der Waals surface area (Å²) in [5.74, 6) is 0.276. The van der Waals surface area contributed by atoms with Gasteiger partial charge in [0, 0.05) is 12.6 Å². The maximum Gasteiger partial charge on any atom is 0.243 e. The van der Waals surface area contributed by atoms with Crippen LogP contribution in [0.15, 0.2) is 29.2 Å². The highest BCUT2D eigenvalue weighted by molar-refractivity contribution is 7.89. The van der Waals surface area contributed by atoms with Gasteiger partial charge in [-0.05, 0) is 49.9 Å². The smallest absolute Gasteiger partial charge is 0.243 e. The van der Waals surface area contributed by atoms with Crippen molar-refractivity contribution in [3.8, 4) is 0 Å². The van der Waals surface area contributed by atoms with Gasteiger partial charge in [-0.1, -0.05) is 31.9 Å². The third kappa shape index (κ3) is 3.47. The Bertz CT molecular complexity index is 571. The van der Waals surface area contributed by atoms with E-state index in [0.29, 0.717) is 18.0 Å². The number of aryl methyl sites for hydroxylation is 1. The monoisotopic (exact) mass is 310 g/mol. The van der Waals surface area contributed by atoms with Crippen LogP contribution in [0.4, 0.5) is 0 Å². The van der Waals surface area contributed by atoms with Crippen molar-refractivity contribution in [3.05, 3.63) is 29.8 Å². The first-order valence-corrected chi connectivity index (χ1v) is 9.23. The van der Waals surface area contributed by atoms with Crippen LogP contribution in [-0.2, 0) is 10.0 Å². The summed E-state index contributed by atoms with van der Waals surface area (Å²) in [4.78, 5) is 0.394. The molecule has 118 valence electrons. The van der Waals surface area contributed by atoms with E-state index in [1.807, 2.05) is 19.9 Å². The fourth-order valence-corrected chi connectivity index (χ4v) is 5.17. The van der Waals surface area contributed by atoms with Crippen molar-refractivity contribution in [2.45, 2.75) is 50.5 Å². The van der Waals surface area contributed by atoms with Gasteiger partial charge in [0.15, 0.2) is 0 Å². The molecular weight excluding hydrogens is 284 g/mol. The standard InChI is InChI=1S/C16H26N2O2S/c1-3-18(16-10-5-4-8-14(16)12-17)21(19,20)15-9-6-7-13(2)11-15/h6-7,9,11,14,16H,3-5,8,10,12,17H2,1-2H3. The first kappa shape index (κ1) is 16.5.